The Balaban J connectivity index is 2.33. The molecule has 3 nitrogen and oxygen atoms in total. The summed E-state index contributed by atoms with van der Waals surface area (Å²) >= 11 is 0. The number of aryl methyl sites for hydroxylation is 2. The highest BCUT2D eigenvalue weighted by molar-refractivity contribution is 5.79. The number of hydrogen-bond acceptors (Lipinski definition) is 3. The van der Waals surface area contributed by atoms with Gasteiger partial charge < -0.3 is 9.64 Å². The molecule has 1 aromatic rings. The number of morpholine rings is 1. The molecule has 0 aliphatic carbocycles. The molecular formula is C13H17NO2. The molecule has 1 aliphatic heterocycles. The van der Waals surface area contributed by atoms with E-state index in [1.807, 2.05) is 13.0 Å². The van der Waals surface area contributed by atoms with Crippen molar-refractivity contribution in [3.8, 4) is 0 Å². The van der Waals surface area contributed by atoms with Gasteiger partial charge in [-0.3, -0.25) is 4.79 Å². The summed E-state index contributed by atoms with van der Waals surface area (Å²) < 4.78 is 5.34. The van der Waals surface area contributed by atoms with Gasteiger partial charge in [0.05, 0.1) is 13.2 Å². The molecule has 0 saturated carbocycles. The van der Waals surface area contributed by atoms with Crippen molar-refractivity contribution in [2.24, 2.45) is 0 Å². The van der Waals surface area contributed by atoms with E-state index in [1.165, 1.54) is 5.69 Å². The first-order valence-electron chi connectivity index (χ1n) is 5.61. The molecule has 1 heterocycles. The molecule has 0 bridgehead atoms. The summed E-state index contributed by atoms with van der Waals surface area (Å²) in [4.78, 5) is 13.2. The maximum absolute atomic E-state index is 10.8. The monoisotopic (exact) mass is 219 g/mol. The second-order valence-corrected chi connectivity index (χ2v) is 4.21. The van der Waals surface area contributed by atoms with Crippen LogP contribution in [-0.4, -0.2) is 32.6 Å². The van der Waals surface area contributed by atoms with Crippen LogP contribution in [0.2, 0.25) is 0 Å². The summed E-state index contributed by atoms with van der Waals surface area (Å²) in [5.41, 5.74) is 4.22. The van der Waals surface area contributed by atoms with E-state index in [2.05, 4.69) is 17.9 Å². The molecule has 1 fully saturated rings. The fraction of sp³-hybridized carbons (Fsp3) is 0.462. The van der Waals surface area contributed by atoms with Crippen molar-refractivity contribution >= 4 is 12.0 Å². The minimum absolute atomic E-state index is 0.786. The van der Waals surface area contributed by atoms with Crippen LogP contribution in [-0.2, 0) is 4.74 Å². The number of benzene rings is 1. The fourth-order valence-electron chi connectivity index (χ4n) is 2.10. The maximum Gasteiger partial charge on any atom is 0.150 e. The topological polar surface area (TPSA) is 29.5 Å². The molecule has 1 aliphatic rings. The maximum atomic E-state index is 10.8. The van der Waals surface area contributed by atoms with Gasteiger partial charge in [-0.1, -0.05) is 0 Å². The number of ether oxygens (including phenoxy) is 1. The Morgan fingerprint density at radius 1 is 1.19 bits per heavy atom. The molecule has 0 radical (unpaired) electrons. The first-order chi connectivity index (χ1) is 7.72. The van der Waals surface area contributed by atoms with E-state index in [1.54, 1.807) is 0 Å². The molecule has 0 N–H and O–H groups in total. The number of aldehydes is 1. The molecule has 2 rings (SSSR count). The van der Waals surface area contributed by atoms with Crippen LogP contribution in [0.4, 0.5) is 5.69 Å². The lowest BCUT2D eigenvalue weighted by Crippen LogP contribution is -2.36. The molecule has 0 unspecified atom stereocenters. The van der Waals surface area contributed by atoms with Crippen molar-refractivity contribution in [2.75, 3.05) is 31.2 Å². The number of anilines is 1. The Hall–Kier alpha value is -1.35. The number of nitrogens with zero attached hydrogens (tertiary/aromatic N) is 1. The van der Waals surface area contributed by atoms with E-state index in [4.69, 9.17) is 4.74 Å². The molecule has 0 aromatic heterocycles. The van der Waals surface area contributed by atoms with Crippen molar-refractivity contribution in [1.82, 2.24) is 0 Å². The Kier molecular flexibility index (Phi) is 3.25. The number of hydrogen-bond donors (Lipinski definition) is 0. The van der Waals surface area contributed by atoms with Gasteiger partial charge in [0.2, 0.25) is 0 Å². The third-order valence-electron chi connectivity index (χ3n) is 3.06. The highest BCUT2D eigenvalue weighted by atomic mass is 16.5. The molecule has 1 saturated heterocycles. The summed E-state index contributed by atoms with van der Waals surface area (Å²) in [7, 11) is 0. The van der Waals surface area contributed by atoms with Gasteiger partial charge >= 0.3 is 0 Å². The predicted octanol–water partition coefficient (Wildman–Crippen LogP) is 1.95. The van der Waals surface area contributed by atoms with E-state index >= 15 is 0 Å². The van der Waals surface area contributed by atoms with Gasteiger partial charge in [0.15, 0.2) is 0 Å². The predicted molar refractivity (Wildman–Crippen MR) is 64.3 cm³/mol. The number of rotatable bonds is 2. The Bertz CT molecular complexity index is 395. The van der Waals surface area contributed by atoms with E-state index in [9.17, 15) is 4.79 Å². The normalized spacial score (nSPS) is 16.2. The third-order valence-corrected chi connectivity index (χ3v) is 3.06. The van der Waals surface area contributed by atoms with Crippen LogP contribution in [0.3, 0.4) is 0 Å². The van der Waals surface area contributed by atoms with E-state index in [0.717, 1.165) is 49.3 Å². The van der Waals surface area contributed by atoms with Crippen LogP contribution < -0.4 is 4.90 Å². The minimum Gasteiger partial charge on any atom is -0.378 e. The summed E-state index contributed by atoms with van der Waals surface area (Å²) in [6.45, 7) is 7.47. The molecule has 0 amide bonds. The van der Waals surface area contributed by atoms with Crippen LogP contribution in [0.25, 0.3) is 0 Å². The van der Waals surface area contributed by atoms with Gasteiger partial charge in [-0.05, 0) is 37.1 Å². The zero-order valence-electron chi connectivity index (χ0n) is 9.82. The van der Waals surface area contributed by atoms with Crippen LogP contribution >= 0.6 is 0 Å². The minimum atomic E-state index is 0.786. The quantitative estimate of drug-likeness (QED) is 0.712. The smallest absolute Gasteiger partial charge is 0.150 e. The first-order valence-corrected chi connectivity index (χ1v) is 5.61. The number of carbonyl (C=O) groups excluding carboxylic acids is 1. The lowest BCUT2D eigenvalue weighted by molar-refractivity contribution is 0.112. The van der Waals surface area contributed by atoms with Crippen molar-refractivity contribution in [3.63, 3.8) is 0 Å². The molecule has 16 heavy (non-hydrogen) atoms. The third kappa shape index (κ3) is 2.09. The summed E-state index contributed by atoms with van der Waals surface area (Å²) in [5, 5.41) is 0. The zero-order chi connectivity index (χ0) is 11.5. The lowest BCUT2D eigenvalue weighted by Gasteiger charge is -2.30. The molecule has 3 heteroatoms. The highest BCUT2D eigenvalue weighted by Gasteiger charge is 2.14. The largest absolute Gasteiger partial charge is 0.378 e. The Labute approximate surface area is 96.0 Å². The molecule has 0 spiro atoms. The van der Waals surface area contributed by atoms with Crippen LogP contribution in [0, 0.1) is 13.8 Å². The van der Waals surface area contributed by atoms with Crippen molar-refractivity contribution < 1.29 is 9.53 Å². The zero-order valence-corrected chi connectivity index (χ0v) is 9.82. The van der Waals surface area contributed by atoms with Gasteiger partial charge in [0.25, 0.3) is 0 Å². The van der Waals surface area contributed by atoms with E-state index < -0.39 is 0 Å². The van der Waals surface area contributed by atoms with Gasteiger partial charge in [-0.15, -0.1) is 0 Å². The summed E-state index contributed by atoms with van der Waals surface area (Å²) in [6.07, 6.45) is 0.922. The second-order valence-electron chi connectivity index (χ2n) is 4.21. The fourth-order valence-corrected chi connectivity index (χ4v) is 2.10. The molecule has 86 valence electrons. The average Bonchev–Trinajstić information content (AvgIpc) is 2.32. The molecule has 1 aromatic carbocycles. The molecule has 0 atom stereocenters. The first kappa shape index (κ1) is 11.1. The van der Waals surface area contributed by atoms with Crippen molar-refractivity contribution in [3.05, 3.63) is 28.8 Å². The van der Waals surface area contributed by atoms with Gasteiger partial charge in [0.1, 0.15) is 6.29 Å². The summed E-state index contributed by atoms with van der Waals surface area (Å²) in [5.74, 6) is 0. The molecular weight excluding hydrogens is 202 g/mol. The summed E-state index contributed by atoms with van der Waals surface area (Å²) in [6, 6.07) is 4.07. The van der Waals surface area contributed by atoms with Gasteiger partial charge in [0, 0.05) is 24.3 Å². The van der Waals surface area contributed by atoms with Gasteiger partial charge in [-0.25, -0.2) is 0 Å². The standard InChI is InChI=1S/C13H17NO2/c1-10-8-13(11(2)7-12(10)9-15)14-3-5-16-6-4-14/h7-9H,3-6H2,1-2H3. The Morgan fingerprint density at radius 2 is 1.88 bits per heavy atom. The van der Waals surface area contributed by atoms with E-state index in [0.29, 0.717) is 0 Å². The van der Waals surface area contributed by atoms with E-state index in [-0.39, 0.29) is 0 Å². The highest BCUT2D eigenvalue weighted by Crippen LogP contribution is 2.24. The van der Waals surface area contributed by atoms with Crippen LogP contribution in [0.1, 0.15) is 21.5 Å². The van der Waals surface area contributed by atoms with Crippen LogP contribution in [0.5, 0.6) is 0 Å². The Morgan fingerprint density at radius 3 is 2.50 bits per heavy atom. The number of carbonyl (C=O) groups is 1. The van der Waals surface area contributed by atoms with Crippen molar-refractivity contribution in [1.29, 1.82) is 0 Å². The van der Waals surface area contributed by atoms with Crippen molar-refractivity contribution in [2.45, 2.75) is 13.8 Å². The SMILES string of the molecule is Cc1cc(N2CCOCC2)c(C)cc1C=O. The average molecular weight is 219 g/mol. The van der Waals surface area contributed by atoms with Gasteiger partial charge in [-0.2, -0.15) is 0 Å². The lowest BCUT2D eigenvalue weighted by atomic mass is 10.0. The second kappa shape index (κ2) is 4.66. The van der Waals surface area contributed by atoms with Crippen LogP contribution in [0.15, 0.2) is 12.1 Å².